The van der Waals surface area contributed by atoms with Crippen molar-refractivity contribution in [3.63, 3.8) is 0 Å². The van der Waals surface area contributed by atoms with Gasteiger partial charge in [-0.3, -0.25) is 9.35 Å². The number of ketones is 1. The second-order valence-electron chi connectivity index (χ2n) is 7.76. The van der Waals surface area contributed by atoms with Crippen molar-refractivity contribution in [2.24, 2.45) is 0 Å². The molecule has 0 heterocycles. The molecule has 2 aliphatic rings. The fraction of sp³-hybridized carbons (Fsp3) is 0.160. The van der Waals surface area contributed by atoms with Gasteiger partial charge in [0.15, 0.2) is 5.78 Å². The van der Waals surface area contributed by atoms with E-state index in [1.165, 1.54) is 26.8 Å². The van der Waals surface area contributed by atoms with Crippen molar-refractivity contribution in [1.82, 2.24) is 0 Å². The lowest BCUT2D eigenvalue weighted by atomic mass is 9.88. The zero-order valence-electron chi connectivity index (χ0n) is 17.3. The lowest BCUT2D eigenvalue weighted by Gasteiger charge is -2.15. The summed E-state index contributed by atoms with van der Waals surface area (Å²) in [6.45, 7) is 0. The number of hydrogen-bond donors (Lipinski definition) is 1. The summed E-state index contributed by atoms with van der Waals surface area (Å²) in [5, 5.41) is 5.12. The lowest BCUT2D eigenvalue weighted by molar-refractivity contribution is -0.137. The molecule has 5 rings (SSSR count). The number of carbonyl (C=O) groups excluding carboxylic acids is 1. The number of carbonyl (C=O) groups is 1. The lowest BCUT2D eigenvalue weighted by Crippen LogP contribution is -2.22. The molecule has 170 valence electrons. The summed E-state index contributed by atoms with van der Waals surface area (Å²) in [5.41, 5.74) is 1.83. The van der Waals surface area contributed by atoms with Crippen molar-refractivity contribution in [3.05, 3.63) is 98.2 Å². The van der Waals surface area contributed by atoms with Crippen LogP contribution in [-0.4, -0.2) is 18.8 Å². The average molecular weight is 472 g/mol. The molecule has 0 atom stereocenters. The molecular weight excluding hydrogens is 453 g/mol. The van der Waals surface area contributed by atoms with Crippen molar-refractivity contribution in [2.75, 3.05) is 0 Å². The maximum atomic E-state index is 12.0. The number of rotatable bonds is 1. The van der Waals surface area contributed by atoms with E-state index in [0.717, 1.165) is 18.1 Å². The van der Waals surface area contributed by atoms with E-state index in [9.17, 15) is 26.4 Å². The molecule has 3 aromatic carbocycles. The molecule has 0 aliphatic heterocycles. The summed E-state index contributed by atoms with van der Waals surface area (Å²) < 4.78 is 65.4. The van der Waals surface area contributed by atoms with Crippen LogP contribution in [0.3, 0.4) is 0 Å². The van der Waals surface area contributed by atoms with Gasteiger partial charge in [0.2, 0.25) is 0 Å². The molecule has 3 aromatic rings. The van der Waals surface area contributed by atoms with E-state index in [-0.39, 0.29) is 5.78 Å². The largest absolute Gasteiger partial charge is 0.416 e. The number of hydrogen-bond acceptors (Lipinski definition) is 3. The van der Waals surface area contributed by atoms with Crippen molar-refractivity contribution in [3.8, 4) is 0 Å². The predicted octanol–water partition coefficient (Wildman–Crippen LogP) is 3.56. The van der Waals surface area contributed by atoms with Crippen LogP contribution in [0.5, 0.6) is 0 Å². The van der Waals surface area contributed by atoms with E-state index in [0.29, 0.717) is 30.7 Å². The van der Waals surface area contributed by atoms with Crippen LogP contribution in [0.4, 0.5) is 13.2 Å². The molecule has 8 heteroatoms. The van der Waals surface area contributed by atoms with Crippen LogP contribution in [0.15, 0.2) is 65.6 Å². The van der Waals surface area contributed by atoms with Gasteiger partial charge in [-0.1, -0.05) is 42.5 Å². The molecule has 33 heavy (non-hydrogen) atoms. The molecule has 0 aromatic heterocycles. The Morgan fingerprint density at radius 3 is 2.15 bits per heavy atom. The summed E-state index contributed by atoms with van der Waals surface area (Å²) in [7, 11) is -4.43. The van der Waals surface area contributed by atoms with Gasteiger partial charge in [-0.05, 0) is 75.2 Å². The Morgan fingerprint density at radius 1 is 0.788 bits per heavy atom. The summed E-state index contributed by atoms with van der Waals surface area (Å²) in [6.07, 6.45) is 2.12. The van der Waals surface area contributed by atoms with E-state index in [1.54, 1.807) is 6.08 Å². The monoisotopic (exact) mass is 472 g/mol. The standard InChI is InChI=1S/C18H14O.C7H5F3O3S/c19-14-7-10-16-13(11-14)6-9-17-15-4-2-1-3-12(15)5-8-18(16)17;8-7(9,10)5-1-3-6(4-2-5)14(11,12)13/h1-6,9,11H,7-8,10H2;1-4H,(H,11,12,13). The van der Waals surface area contributed by atoms with Gasteiger partial charge >= 0.3 is 6.18 Å². The first-order chi connectivity index (χ1) is 15.5. The first kappa shape index (κ1) is 22.9. The smallest absolute Gasteiger partial charge is 0.295 e. The summed E-state index contributed by atoms with van der Waals surface area (Å²) in [4.78, 5) is 11.0. The van der Waals surface area contributed by atoms with Crippen LogP contribution >= 0.6 is 0 Å². The number of Topliss-reactive ketones (excluding diaryl/α,β-unsaturated/α-hetero) is 1. The van der Waals surface area contributed by atoms with Gasteiger partial charge in [-0.15, -0.1) is 0 Å². The van der Waals surface area contributed by atoms with Gasteiger partial charge in [0.1, 0.15) is 0 Å². The van der Waals surface area contributed by atoms with E-state index in [1.807, 2.05) is 0 Å². The minimum absolute atomic E-state index is 0.257. The molecule has 0 fully saturated rings. The molecule has 0 radical (unpaired) electrons. The molecule has 4 nitrogen and oxygen atoms in total. The highest BCUT2D eigenvalue weighted by Crippen LogP contribution is 2.29. The average Bonchev–Trinajstić information content (AvgIpc) is 2.78. The van der Waals surface area contributed by atoms with E-state index < -0.39 is 26.8 Å². The van der Waals surface area contributed by atoms with Crippen LogP contribution in [0.1, 0.15) is 23.1 Å². The Hall–Kier alpha value is -3.23. The first-order valence-corrected chi connectivity index (χ1v) is 11.6. The van der Waals surface area contributed by atoms with Crippen LogP contribution in [0.2, 0.25) is 0 Å². The summed E-state index contributed by atoms with van der Waals surface area (Å²) in [6, 6.07) is 15.4. The second-order valence-corrected chi connectivity index (χ2v) is 9.18. The van der Waals surface area contributed by atoms with Crippen LogP contribution in [-0.2, 0) is 33.9 Å². The fourth-order valence-corrected chi connectivity index (χ4v) is 4.55. The molecule has 0 spiro atoms. The van der Waals surface area contributed by atoms with Gasteiger partial charge in [-0.25, -0.2) is 0 Å². The molecular formula is C25H19F3O4S. The summed E-state index contributed by atoms with van der Waals surface area (Å²) in [5.74, 6) is 0.257. The Labute approximate surface area is 187 Å². The van der Waals surface area contributed by atoms with E-state index >= 15 is 0 Å². The summed E-state index contributed by atoms with van der Waals surface area (Å²) >= 11 is 0. The highest BCUT2D eigenvalue weighted by Gasteiger charge is 2.30. The second kappa shape index (κ2) is 8.61. The fourth-order valence-electron chi connectivity index (χ4n) is 4.07. The molecule has 0 saturated heterocycles. The van der Waals surface area contributed by atoms with Crippen molar-refractivity contribution in [1.29, 1.82) is 0 Å². The molecule has 0 unspecified atom stereocenters. The number of alkyl halides is 3. The Bertz CT molecular complexity index is 1560. The van der Waals surface area contributed by atoms with Crippen LogP contribution < -0.4 is 10.4 Å². The van der Waals surface area contributed by atoms with Crippen molar-refractivity contribution >= 4 is 28.1 Å². The molecule has 0 bridgehead atoms. The van der Waals surface area contributed by atoms with E-state index in [4.69, 9.17) is 4.55 Å². The predicted molar refractivity (Wildman–Crippen MR) is 117 cm³/mol. The van der Waals surface area contributed by atoms with Crippen LogP contribution in [0.25, 0.3) is 12.2 Å². The van der Waals surface area contributed by atoms with Gasteiger partial charge in [0.25, 0.3) is 10.1 Å². The minimum Gasteiger partial charge on any atom is -0.295 e. The molecule has 0 amide bonds. The third-order valence-electron chi connectivity index (χ3n) is 5.66. The zero-order chi connectivity index (χ0) is 23.8. The normalized spacial score (nSPS) is 14.5. The van der Waals surface area contributed by atoms with Crippen molar-refractivity contribution in [2.45, 2.75) is 30.3 Å². The Balaban J connectivity index is 0.000000166. The molecule has 2 aliphatic carbocycles. The van der Waals surface area contributed by atoms with Gasteiger partial charge in [-0.2, -0.15) is 21.6 Å². The topological polar surface area (TPSA) is 71.4 Å². The van der Waals surface area contributed by atoms with Gasteiger partial charge in [0, 0.05) is 6.42 Å². The third-order valence-corrected chi connectivity index (χ3v) is 6.53. The molecule has 0 saturated carbocycles. The quantitative estimate of drug-likeness (QED) is 0.550. The zero-order valence-corrected chi connectivity index (χ0v) is 18.1. The third kappa shape index (κ3) is 4.91. The van der Waals surface area contributed by atoms with Gasteiger partial charge < -0.3 is 0 Å². The Morgan fingerprint density at radius 2 is 1.48 bits per heavy atom. The Kier molecular flexibility index (Phi) is 5.99. The van der Waals surface area contributed by atoms with E-state index in [2.05, 4.69) is 42.5 Å². The van der Waals surface area contributed by atoms with Crippen molar-refractivity contribution < 1.29 is 30.9 Å². The number of halogens is 3. The highest BCUT2D eigenvalue weighted by atomic mass is 32.2. The SMILES string of the molecule is O=C1C=c2ccc3c(c2CC1)CC=c1ccccc1=3.O=S(=O)(O)c1ccc(C(F)(F)F)cc1. The highest BCUT2D eigenvalue weighted by molar-refractivity contribution is 7.85. The first-order valence-electron chi connectivity index (χ1n) is 10.1. The minimum atomic E-state index is -4.52. The molecule has 1 N–H and O–H groups in total. The maximum absolute atomic E-state index is 12.0. The number of fused-ring (bicyclic) bond motifs is 4. The van der Waals surface area contributed by atoms with Crippen LogP contribution in [0, 0.1) is 10.4 Å². The number of benzene rings is 3. The maximum Gasteiger partial charge on any atom is 0.416 e. The van der Waals surface area contributed by atoms with Gasteiger partial charge in [0.05, 0.1) is 10.5 Å².